The minimum Gasteiger partial charge on any atom is -0.262 e. The van der Waals surface area contributed by atoms with Crippen LogP contribution in [-0.2, 0) is 0 Å². The summed E-state index contributed by atoms with van der Waals surface area (Å²) in [6.07, 6.45) is 6.49. The topological polar surface area (TPSA) is 36.1 Å². The van der Waals surface area contributed by atoms with Crippen molar-refractivity contribution in [2.45, 2.75) is 41.0 Å². The van der Waals surface area contributed by atoms with Crippen LogP contribution in [0.5, 0.6) is 0 Å². The van der Waals surface area contributed by atoms with Crippen molar-refractivity contribution in [1.82, 2.24) is 0 Å². The van der Waals surface area contributed by atoms with Gasteiger partial charge < -0.3 is 0 Å². The summed E-state index contributed by atoms with van der Waals surface area (Å²) in [5.41, 5.74) is 2.34. The van der Waals surface area contributed by atoms with Gasteiger partial charge in [-0.3, -0.25) is 4.99 Å². The third kappa shape index (κ3) is 12.4. The molecule has 88 valence electrons. The lowest BCUT2D eigenvalue weighted by Gasteiger charge is -1.91. The Morgan fingerprint density at radius 1 is 1.38 bits per heavy atom. The van der Waals surface area contributed by atoms with E-state index in [1.54, 1.807) is 18.4 Å². The fourth-order valence-electron chi connectivity index (χ4n) is 0.675. The fraction of sp³-hybridized carbons (Fsp3) is 0.429. The van der Waals surface area contributed by atoms with Crippen LogP contribution in [0.25, 0.3) is 0 Å². The summed E-state index contributed by atoms with van der Waals surface area (Å²) in [7, 11) is 0. The van der Waals surface area contributed by atoms with Crippen molar-refractivity contribution in [3.63, 3.8) is 0 Å². The quantitative estimate of drug-likeness (QED) is 0.392. The maximum atomic E-state index is 8.63. The second-order valence-electron chi connectivity index (χ2n) is 3.44. The lowest BCUT2D eigenvalue weighted by atomic mass is 10.2. The molecule has 0 aromatic carbocycles. The number of hydrogen-bond acceptors (Lipinski definition) is 2. The fourth-order valence-corrected chi connectivity index (χ4v) is 0.675. The number of nitriles is 1. The molecule has 0 spiro atoms. The summed E-state index contributed by atoms with van der Waals surface area (Å²) in [6, 6.07) is 2.07. The second-order valence-corrected chi connectivity index (χ2v) is 3.44. The van der Waals surface area contributed by atoms with Crippen LogP contribution < -0.4 is 0 Å². The Bertz CT molecular complexity index is 325. The van der Waals surface area contributed by atoms with Crippen molar-refractivity contribution >= 4 is 6.21 Å². The summed E-state index contributed by atoms with van der Waals surface area (Å²) in [4.78, 5) is 4.02. The number of aliphatic imine (C=N–C) groups is 1. The normalized spacial score (nSPS) is 11.8. The first-order valence-electron chi connectivity index (χ1n) is 5.46. The third-order valence-electron chi connectivity index (χ3n) is 1.31. The third-order valence-corrected chi connectivity index (χ3v) is 1.31. The Kier molecular flexibility index (Phi) is 12.0. The molecule has 2 heteroatoms. The summed E-state index contributed by atoms with van der Waals surface area (Å²) in [6.45, 7) is 13.4. The van der Waals surface area contributed by atoms with Gasteiger partial charge in [0.15, 0.2) is 0 Å². The molecule has 0 rings (SSSR count). The molecule has 0 bridgehead atoms. The molecule has 0 aromatic heterocycles. The van der Waals surface area contributed by atoms with Gasteiger partial charge in [-0.2, -0.15) is 5.26 Å². The molecule has 0 aliphatic heterocycles. The summed E-state index contributed by atoms with van der Waals surface area (Å²) < 4.78 is 0. The van der Waals surface area contributed by atoms with Crippen molar-refractivity contribution < 1.29 is 0 Å². The maximum absolute atomic E-state index is 8.63. The van der Waals surface area contributed by atoms with Crippen LogP contribution in [0.4, 0.5) is 0 Å². The molecular formula is C14H22N2. The molecule has 0 N–H and O–H groups in total. The average molecular weight is 218 g/mol. The van der Waals surface area contributed by atoms with Crippen molar-refractivity contribution in [2.24, 2.45) is 4.99 Å². The smallest absolute Gasteiger partial charge is 0.0988 e. The van der Waals surface area contributed by atoms with E-state index in [2.05, 4.69) is 31.5 Å². The summed E-state index contributed by atoms with van der Waals surface area (Å²) in [5.74, 6) is 0. The molecule has 0 amide bonds. The van der Waals surface area contributed by atoms with Gasteiger partial charge >= 0.3 is 0 Å². The first kappa shape index (κ1) is 16.8. The van der Waals surface area contributed by atoms with Gasteiger partial charge in [0.05, 0.1) is 6.07 Å². The predicted molar refractivity (Wildman–Crippen MR) is 72.4 cm³/mol. The number of hydrogen-bond donors (Lipinski definition) is 0. The average Bonchev–Trinajstić information content (AvgIpc) is 2.24. The molecule has 0 aliphatic carbocycles. The van der Waals surface area contributed by atoms with E-state index in [4.69, 9.17) is 5.26 Å². The van der Waals surface area contributed by atoms with Crippen molar-refractivity contribution in [1.29, 1.82) is 5.26 Å². The van der Waals surface area contributed by atoms with E-state index in [-0.39, 0.29) is 0 Å². The van der Waals surface area contributed by atoms with Crippen molar-refractivity contribution in [2.75, 3.05) is 0 Å². The molecule has 0 heterocycles. The highest BCUT2D eigenvalue weighted by Crippen LogP contribution is 2.00. The molecule has 0 atom stereocenters. The van der Waals surface area contributed by atoms with E-state index >= 15 is 0 Å². The SMILES string of the molecule is C=C(C)N=C/C(C)=C/C(C#N)=C/C.CCC. The largest absolute Gasteiger partial charge is 0.262 e. The van der Waals surface area contributed by atoms with Gasteiger partial charge in [-0.15, -0.1) is 0 Å². The molecule has 0 fully saturated rings. The zero-order valence-corrected chi connectivity index (χ0v) is 11.0. The Morgan fingerprint density at radius 3 is 2.19 bits per heavy atom. The summed E-state index contributed by atoms with van der Waals surface area (Å²) in [5, 5.41) is 8.63. The first-order valence-corrected chi connectivity index (χ1v) is 5.46. The maximum Gasteiger partial charge on any atom is 0.0988 e. The number of rotatable bonds is 3. The van der Waals surface area contributed by atoms with Gasteiger partial charge in [0, 0.05) is 17.5 Å². The highest BCUT2D eigenvalue weighted by Gasteiger charge is 1.88. The molecule has 0 radical (unpaired) electrons. The summed E-state index contributed by atoms with van der Waals surface area (Å²) >= 11 is 0. The minimum absolute atomic E-state index is 0.644. The van der Waals surface area contributed by atoms with E-state index in [9.17, 15) is 0 Å². The Balaban J connectivity index is 0. The van der Waals surface area contributed by atoms with Crippen LogP contribution in [0.3, 0.4) is 0 Å². The van der Waals surface area contributed by atoms with E-state index < -0.39 is 0 Å². The lowest BCUT2D eigenvalue weighted by molar-refractivity contribution is 1.09. The zero-order valence-electron chi connectivity index (χ0n) is 11.0. The van der Waals surface area contributed by atoms with E-state index in [1.807, 2.05) is 20.8 Å². The Hall–Kier alpha value is -1.62. The molecular weight excluding hydrogens is 196 g/mol. The molecule has 0 unspecified atom stereocenters. The van der Waals surface area contributed by atoms with Crippen LogP contribution in [-0.4, -0.2) is 6.21 Å². The standard InChI is InChI=1S/C11H14N2.C3H8/c1-5-11(7-12)6-10(4)8-13-9(2)3;1-3-2/h5-6,8H,2H2,1,3-4H3;3H2,1-2H3/b10-6+,11-5-,13-8?;. The number of nitrogens with zero attached hydrogens (tertiary/aromatic N) is 2. The van der Waals surface area contributed by atoms with Gasteiger partial charge in [0.25, 0.3) is 0 Å². The molecule has 0 saturated heterocycles. The van der Waals surface area contributed by atoms with Gasteiger partial charge in [-0.05, 0) is 32.4 Å². The lowest BCUT2D eigenvalue weighted by Crippen LogP contribution is -1.80. The van der Waals surface area contributed by atoms with Gasteiger partial charge in [-0.25, -0.2) is 0 Å². The van der Waals surface area contributed by atoms with Crippen molar-refractivity contribution in [3.8, 4) is 6.07 Å². The second kappa shape index (κ2) is 11.5. The monoisotopic (exact) mass is 218 g/mol. The van der Waals surface area contributed by atoms with Crippen LogP contribution in [0.1, 0.15) is 41.0 Å². The molecule has 0 aliphatic rings. The van der Waals surface area contributed by atoms with Gasteiger partial charge in [0.2, 0.25) is 0 Å². The van der Waals surface area contributed by atoms with Crippen LogP contribution in [0.15, 0.2) is 40.6 Å². The molecule has 2 nitrogen and oxygen atoms in total. The predicted octanol–water partition coefficient (Wildman–Crippen LogP) is 4.42. The molecule has 16 heavy (non-hydrogen) atoms. The first-order chi connectivity index (χ1) is 7.51. The highest BCUT2D eigenvalue weighted by molar-refractivity contribution is 5.79. The van der Waals surface area contributed by atoms with Crippen LogP contribution in [0, 0.1) is 11.3 Å². The highest BCUT2D eigenvalue weighted by atomic mass is 14.7. The van der Waals surface area contributed by atoms with Gasteiger partial charge in [-0.1, -0.05) is 32.9 Å². The minimum atomic E-state index is 0.644. The Labute approximate surface area is 99.7 Å². The van der Waals surface area contributed by atoms with Crippen LogP contribution >= 0.6 is 0 Å². The molecule has 0 saturated carbocycles. The van der Waals surface area contributed by atoms with Gasteiger partial charge in [0.1, 0.15) is 0 Å². The van der Waals surface area contributed by atoms with E-state index in [0.29, 0.717) is 5.57 Å². The number of allylic oxidation sites excluding steroid dienone is 5. The molecule has 0 aromatic rings. The Morgan fingerprint density at radius 2 is 1.88 bits per heavy atom. The van der Waals surface area contributed by atoms with Crippen LogP contribution in [0.2, 0.25) is 0 Å². The zero-order chi connectivity index (χ0) is 13.0. The van der Waals surface area contributed by atoms with E-state index in [1.165, 1.54) is 6.42 Å². The van der Waals surface area contributed by atoms with Crippen molar-refractivity contribution in [3.05, 3.63) is 35.6 Å². The van der Waals surface area contributed by atoms with E-state index in [0.717, 1.165) is 11.3 Å².